The Kier molecular flexibility index (Phi) is 5.99. The third kappa shape index (κ3) is 4.17. The molecule has 0 bridgehead atoms. The molecular weight excluding hydrogens is 410 g/mol. The summed E-state index contributed by atoms with van der Waals surface area (Å²) in [6.07, 6.45) is 1.24. The van der Waals surface area contributed by atoms with Crippen molar-refractivity contribution in [3.8, 4) is 0 Å². The molecule has 1 aromatic rings. The first-order chi connectivity index (χ1) is 13.4. The maximum absolute atomic E-state index is 12.5. The summed E-state index contributed by atoms with van der Waals surface area (Å²) in [5, 5.41) is 25.4. The smallest absolute Gasteiger partial charge is 0.353 e. The molecule has 12 heteroatoms. The number of oxime groups is 1. The molecule has 0 radical (unpaired) electrons. The zero-order valence-electron chi connectivity index (χ0n) is 14.2. The molecule has 3 N–H and O–H groups in total. The summed E-state index contributed by atoms with van der Waals surface area (Å²) in [6.45, 7) is -0.664. The number of fused-ring (bicyclic) bond motifs is 1. The Morgan fingerprint density at radius 1 is 1.39 bits per heavy atom. The summed E-state index contributed by atoms with van der Waals surface area (Å²) in [4.78, 5) is 53.1. The van der Waals surface area contributed by atoms with Gasteiger partial charge in [0.25, 0.3) is 5.91 Å². The number of carbonyl (C=O) groups is 4. The predicted molar refractivity (Wildman–Crippen MR) is 99.8 cm³/mol. The number of nitrogens with one attached hydrogen (secondary N) is 1. The van der Waals surface area contributed by atoms with Crippen LogP contribution >= 0.6 is 23.1 Å². The van der Waals surface area contributed by atoms with E-state index in [1.54, 1.807) is 0 Å². The monoisotopic (exact) mass is 425 g/mol. The third-order valence-electron chi connectivity index (χ3n) is 3.90. The fraction of sp³-hybridized carbons (Fsp3) is 0.312. The quantitative estimate of drug-likeness (QED) is 0.302. The minimum Gasteiger partial charge on any atom is -0.479 e. The van der Waals surface area contributed by atoms with E-state index in [4.69, 9.17) is 5.11 Å². The van der Waals surface area contributed by atoms with Gasteiger partial charge >= 0.3 is 11.9 Å². The number of carboxylic acid groups (broad SMARTS) is 2. The van der Waals surface area contributed by atoms with Crippen molar-refractivity contribution in [3.63, 3.8) is 0 Å². The van der Waals surface area contributed by atoms with Gasteiger partial charge in [0.2, 0.25) is 12.5 Å². The summed E-state index contributed by atoms with van der Waals surface area (Å²) in [6, 6.07) is 2.85. The van der Waals surface area contributed by atoms with Crippen LogP contribution in [-0.2, 0) is 30.4 Å². The van der Waals surface area contributed by atoms with Crippen molar-refractivity contribution < 1.29 is 34.2 Å². The van der Waals surface area contributed by atoms with Gasteiger partial charge in [0, 0.05) is 16.2 Å². The SMILES string of the molecule is O=C(O)CON=CC1=C(C(=O)O)N2C(=O)C(NC(=O)Cc3cccs3)[C@H]2SC1. The lowest BCUT2D eigenvalue weighted by atomic mass is 10.0. The molecule has 1 aromatic heterocycles. The first kappa shape index (κ1) is 19.9. The molecule has 1 saturated heterocycles. The number of aliphatic carboxylic acids is 2. The minimum atomic E-state index is -1.32. The first-order valence-electron chi connectivity index (χ1n) is 7.98. The van der Waals surface area contributed by atoms with Gasteiger partial charge in [-0.2, -0.15) is 0 Å². The van der Waals surface area contributed by atoms with E-state index in [2.05, 4.69) is 15.3 Å². The second kappa shape index (κ2) is 8.44. The molecular formula is C16H15N3O7S2. The van der Waals surface area contributed by atoms with Gasteiger partial charge in [0.05, 0.1) is 12.6 Å². The molecule has 148 valence electrons. The van der Waals surface area contributed by atoms with Crippen LogP contribution in [0.2, 0.25) is 0 Å². The molecule has 3 heterocycles. The number of carbonyl (C=O) groups excluding carboxylic acids is 2. The summed E-state index contributed by atoms with van der Waals surface area (Å²) in [5.74, 6) is -3.15. The van der Waals surface area contributed by atoms with Crippen LogP contribution in [0.4, 0.5) is 0 Å². The first-order valence-corrected chi connectivity index (χ1v) is 9.91. The van der Waals surface area contributed by atoms with Crippen molar-refractivity contribution in [1.82, 2.24) is 10.2 Å². The van der Waals surface area contributed by atoms with E-state index in [0.29, 0.717) is 0 Å². The van der Waals surface area contributed by atoms with Crippen LogP contribution in [0.15, 0.2) is 33.9 Å². The molecule has 2 amide bonds. The highest BCUT2D eigenvalue weighted by Gasteiger charge is 2.54. The minimum absolute atomic E-state index is 0.152. The second-order valence-electron chi connectivity index (χ2n) is 5.79. The molecule has 0 aliphatic carbocycles. The number of hydrogen-bond donors (Lipinski definition) is 3. The van der Waals surface area contributed by atoms with Crippen LogP contribution in [0.25, 0.3) is 0 Å². The Bertz CT molecular complexity index is 866. The topological polar surface area (TPSA) is 146 Å². The lowest BCUT2D eigenvalue weighted by Gasteiger charge is -2.49. The van der Waals surface area contributed by atoms with Crippen molar-refractivity contribution in [2.75, 3.05) is 12.4 Å². The Morgan fingerprint density at radius 3 is 2.82 bits per heavy atom. The number of carboxylic acids is 2. The standard InChI is InChI=1S/C16H15N3O7S2/c20-10(4-9-2-1-3-27-9)18-12-14(23)19-13(16(24)25)8(7-28-15(12)19)5-17-26-6-11(21)22/h1-3,5,12,15H,4,6-7H2,(H,18,20)(H,21,22)(H,24,25)/t12?,15-/m1/s1. The zero-order valence-corrected chi connectivity index (χ0v) is 15.9. The lowest BCUT2D eigenvalue weighted by molar-refractivity contribution is -0.150. The van der Waals surface area contributed by atoms with Gasteiger partial charge in [-0.1, -0.05) is 11.2 Å². The Balaban J connectivity index is 1.68. The number of nitrogens with zero attached hydrogens (tertiary/aromatic N) is 2. The molecule has 1 unspecified atom stereocenters. The summed E-state index contributed by atoms with van der Waals surface area (Å²) in [5.41, 5.74) is -0.0315. The van der Waals surface area contributed by atoms with E-state index in [0.717, 1.165) is 16.0 Å². The maximum Gasteiger partial charge on any atom is 0.353 e. The molecule has 10 nitrogen and oxygen atoms in total. The molecule has 0 aromatic carbocycles. The lowest BCUT2D eigenvalue weighted by Crippen LogP contribution is -2.70. The van der Waals surface area contributed by atoms with E-state index in [1.807, 2.05) is 17.5 Å². The molecule has 2 aliphatic rings. The predicted octanol–water partition coefficient (Wildman–Crippen LogP) is 0.116. The van der Waals surface area contributed by atoms with Crippen LogP contribution < -0.4 is 5.32 Å². The number of thioether (sulfide) groups is 1. The van der Waals surface area contributed by atoms with E-state index < -0.39 is 35.9 Å². The van der Waals surface area contributed by atoms with Crippen molar-refractivity contribution in [2.45, 2.75) is 17.8 Å². The number of amides is 2. The highest BCUT2D eigenvalue weighted by molar-refractivity contribution is 8.00. The molecule has 2 atom stereocenters. The van der Waals surface area contributed by atoms with Crippen molar-refractivity contribution in [3.05, 3.63) is 33.7 Å². The van der Waals surface area contributed by atoms with E-state index in [1.165, 1.54) is 23.1 Å². The fourth-order valence-electron chi connectivity index (χ4n) is 2.73. The summed E-state index contributed by atoms with van der Waals surface area (Å²) >= 11 is 2.71. The van der Waals surface area contributed by atoms with Crippen molar-refractivity contribution in [2.24, 2.45) is 5.16 Å². The maximum atomic E-state index is 12.5. The highest BCUT2D eigenvalue weighted by Crippen LogP contribution is 2.39. The number of thiophene rings is 1. The van der Waals surface area contributed by atoms with Crippen LogP contribution in [0, 0.1) is 0 Å². The Hall–Kier alpha value is -2.86. The van der Waals surface area contributed by atoms with Gasteiger partial charge < -0.3 is 20.4 Å². The van der Waals surface area contributed by atoms with E-state index in [-0.39, 0.29) is 29.4 Å². The summed E-state index contributed by atoms with van der Waals surface area (Å²) in [7, 11) is 0. The molecule has 28 heavy (non-hydrogen) atoms. The normalized spacial score (nSPS) is 21.3. The van der Waals surface area contributed by atoms with Gasteiger partial charge in [-0.05, 0) is 11.4 Å². The summed E-state index contributed by atoms with van der Waals surface area (Å²) < 4.78 is 0. The molecule has 1 fully saturated rings. The van der Waals surface area contributed by atoms with Crippen molar-refractivity contribution >= 4 is 53.1 Å². The van der Waals surface area contributed by atoms with Gasteiger partial charge in [-0.3, -0.25) is 14.5 Å². The number of β-lactam (4-membered cyclic amide) rings is 1. The number of hydrogen-bond acceptors (Lipinski definition) is 8. The van der Waals surface area contributed by atoms with Crippen LogP contribution in [0.1, 0.15) is 4.88 Å². The average molecular weight is 425 g/mol. The largest absolute Gasteiger partial charge is 0.479 e. The molecule has 2 aliphatic heterocycles. The zero-order chi connectivity index (χ0) is 20.3. The van der Waals surface area contributed by atoms with Crippen LogP contribution in [-0.4, -0.2) is 68.9 Å². The van der Waals surface area contributed by atoms with Gasteiger partial charge in [-0.25, -0.2) is 9.59 Å². The van der Waals surface area contributed by atoms with Gasteiger partial charge in [0.15, 0.2) is 0 Å². The van der Waals surface area contributed by atoms with Crippen molar-refractivity contribution in [1.29, 1.82) is 0 Å². The molecule has 3 rings (SSSR count). The van der Waals surface area contributed by atoms with E-state index in [9.17, 15) is 24.3 Å². The number of rotatable bonds is 8. The third-order valence-corrected chi connectivity index (χ3v) is 6.08. The van der Waals surface area contributed by atoms with Gasteiger partial charge in [0.1, 0.15) is 17.1 Å². The van der Waals surface area contributed by atoms with Crippen LogP contribution in [0.5, 0.6) is 0 Å². The highest BCUT2D eigenvalue weighted by atomic mass is 32.2. The van der Waals surface area contributed by atoms with E-state index >= 15 is 0 Å². The average Bonchev–Trinajstić information content (AvgIpc) is 3.15. The Labute approximate surface area is 166 Å². The molecule has 0 spiro atoms. The van der Waals surface area contributed by atoms with Crippen LogP contribution in [0.3, 0.4) is 0 Å². The Morgan fingerprint density at radius 2 is 2.18 bits per heavy atom. The fourth-order valence-corrected chi connectivity index (χ4v) is 4.73. The second-order valence-corrected chi connectivity index (χ2v) is 7.93. The van der Waals surface area contributed by atoms with Gasteiger partial charge in [-0.15, -0.1) is 23.1 Å². The molecule has 0 saturated carbocycles.